The third-order valence-electron chi connectivity index (χ3n) is 2.89. The Morgan fingerprint density at radius 1 is 1.28 bits per heavy atom. The van der Waals surface area contributed by atoms with Gasteiger partial charge in [0.2, 0.25) is 0 Å². The van der Waals surface area contributed by atoms with Crippen molar-refractivity contribution in [2.45, 2.75) is 19.9 Å². The Hall–Kier alpha value is -1.81. The summed E-state index contributed by atoms with van der Waals surface area (Å²) >= 11 is 1.44. The van der Waals surface area contributed by atoms with Crippen LogP contribution < -0.4 is 5.32 Å². The molecule has 0 aliphatic carbocycles. The predicted octanol–water partition coefficient (Wildman–Crippen LogP) is 3.60. The Morgan fingerprint density at radius 2 is 2.06 bits per heavy atom. The van der Waals surface area contributed by atoms with E-state index in [1.54, 1.807) is 0 Å². The number of hydrogen-bond donors (Lipinski definition) is 2. The molecule has 1 aromatic carbocycles. The van der Waals surface area contributed by atoms with Crippen LogP contribution in [0.4, 0.5) is 5.69 Å². The minimum absolute atomic E-state index is 0.688. The van der Waals surface area contributed by atoms with Crippen molar-refractivity contribution in [3.63, 3.8) is 0 Å². The molecule has 0 aliphatic rings. The number of nitrogens with one attached hydrogen (secondary N) is 1. The number of carbonyl (C=O) groups is 1. The molecule has 1 heterocycles. The molecule has 1 aromatic heterocycles. The van der Waals surface area contributed by atoms with Crippen LogP contribution in [0.5, 0.6) is 0 Å². The molecule has 0 radical (unpaired) electrons. The largest absolute Gasteiger partial charge is 0.479 e. The van der Waals surface area contributed by atoms with Crippen molar-refractivity contribution in [3.05, 3.63) is 51.7 Å². The lowest BCUT2D eigenvalue weighted by atomic mass is 10.1. The van der Waals surface area contributed by atoms with Gasteiger partial charge >= 0.3 is 5.97 Å². The number of aliphatic carboxylic acids is 1. The number of benzene rings is 1. The summed E-state index contributed by atoms with van der Waals surface area (Å²) in [4.78, 5) is 12.1. The van der Waals surface area contributed by atoms with Crippen LogP contribution in [0, 0.1) is 13.8 Å². The van der Waals surface area contributed by atoms with Crippen molar-refractivity contribution in [2.75, 3.05) is 5.32 Å². The standard InChI is InChI=1S/C14H15NO2S/c1-9-5-6-11(8-10(9)2)15-13(14(16)17)12-4-3-7-18-12/h3-8,13,15H,1-2H3,(H,16,17)/t13-/m1/s1. The van der Waals surface area contributed by atoms with Crippen molar-refractivity contribution in [1.29, 1.82) is 0 Å². The van der Waals surface area contributed by atoms with Crippen LogP contribution in [0.25, 0.3) is 0 Å². The highest BCUT2D eigenvalue weighted by atomic mass is 32.1. The summed E-state index contributed by atoms with van der Waals surface area (Å²) < 4.78 is 0. The van der Waals surface area contributed by atoms with Gasteiger partial charge in [0.05, 0.1) is 0 Å². The first-order valence-corrected chi connectivity index (χ1v) is 6.56. The summed E-state index contributed by atoms with van der Waals surface area (Å²) in [6.07, 6.45) is 0. The maximum atomic E-state index is 11.3. The Balaban J connectivity index is 2.24. The van der Waals surface area contributed by atoms with Gasteiger partial charge in [-0.1, -0.05) is 12.1 Å². The van der Waals surface area contributed by atoms with Crippen LogP contribution in [-0.2, 0) is 4.79 Å². The van der Waals surface area contributed by atoms with Crippen LogP contribution >= 0.6 is 11.3 Å². The highest BCUT2D eigenvalue weighted by molar-refractivity contribution is 7.10. The van der Waals surface area contributed by atoms with E-state index in [1.807, 2.05) is 49.6 Å². The zero-order valence-corrected chi connectivity index (χ0v) is 11.1. The number of aryl methyl sites for hydroxylation is 2. The molecule has 0 amide bonds. The molecule has 2 rings (SSSR count). The summed E-state index contributed by atoms with van der Waals surface area (Å²) in [5.41, 5.74) is 3.18. The average Bonchev–Trinajstić information content (AvgIpc) is 2.83. The van der Waals surface area contributed by atoms with Crippen molar-refractivity contribution in [1.82, 2.24) is 0 Å². The fraction of sp³-hybridized carbons (Fsp3) is 0.214. The van der Waals surface area contributed by atoms with E-state index in [4.69, 9.17) is 0 Å². The number of hydrogen-bond acceptors (Lipinski definition) is 3. The second-order valence-corrected chi connectivity index (χ2v) is 5.21. The van der Waals surface area contributed by atoms with Crippen molar-refractivity contribution < 1.29 is 9.90 Å². The zero-order chi connectivity index (χ0) is 13.1. The molecule has 2 aromatic rings. The molecule has 0 unspecified atom stereocenters. The van der Waals surface area contributed by atoms with E-state index in [0.717, 1.165) is 16.1 Å². The lowest BCUT2D eigenvalue weighted by Gasteiger charge is -2.15. The minimum Gasteiger partial charge on any atom is -0.479 e. The second-order valence-electron chi connectivity index (χ2n) is 4.23. The molecule has 94 valence electrons. The quantitative estimate of drug-likeness (QED) is 0.884. The maximum absolute atomic E-state index is 11.3. The van der Waals surface area contributed by atoms with Crippen LogP contribution in [0.3, 0.4) is 0 Å². The summed E-state index contributed by atoms with van der Waals surface area (Å²) in [6, 6.07) is 8.87. The molecule has 4 heteroatoms. The van der Waals surface area contributed by atoms with Crippen LogP contribution in [0.1, 0.15) is 22.0 Å². The molecule has 0 bridgehead atoms. The third kappa shape index (κ3) is 2.71. The first-order chi connectivity index (χ1) is 8.58. The van der Waals surface area contributed by atoms with Gasteiger partial charge in [0, 0.05) is 10.6 Å². The first kappa shape index (κ1) is 12.6. The molecule has 2 N–H and O–H groups in total. The number of rotatable bonds is 4. The molecule has 0 spiro atoms. The Kier molecular flexibility index (Phi) is 3.67. The predicted molar refractivity (Wildman–Crippen MR) is 74.2 cm³/mol. The maximum Gasteiger partial charge on any atom is 0.331 e. The SMILES string of the molecule is Cc1ccc(N[C@@H](C(=O)O)c2cccs2)cc1C. The molecule has 1 atom stereocenters. The Bertz CT molecular complexity index is 549. The highest BCUT2D eigenvalue weighted by Gasteiger charge is 2.20. The van der Waals surface area contributed by atoms with E-state index >= 15 is 0 Å². The zero-order valence-electron chi connectivity index (χ0n) is 10.3. The van der Waals surface area contributed by atoms with Crippen LogP contribution in [0.15, 0.2) is 35.7 Å². The molecular formula is C14H15NO2S. The van der Waals surface area contributed by atoms with Gasteiger partial charge in [-0.2, -0.15) is 0 Å². The lowest BCUT2D eigenvalue weighted by Crippen LogP contribution is -2.19. The number of carboxylic acid groups (broad SMARTS) is 1. The van der Waals surface area contributed by atoms with Gasteiger partial charge in [-0.3, -0.25) is 0 Å². The normalized spacial score (nSPS) is 12.1. The monoisotopic (exact) mass is 261 g/mol. The number of anilines is 1. The van der Waals surface area contributed by atoms with Gasteiger partial charge in [-0.25, -0.2) is 4.79 Å². The molecule has 0 fully saturated rings. The van der Waals surface area contributed by atoms with Gasteiger partial charge in [0.25, 0.3) is 0 Å². The van der Waals surface area contributed by atoms with Crippen molar-refractivity contribution in [3.8, 4) is 0 Å². The number of thiophene rings is 1. The van der Waals surface area contributed by atoms with E-state index in [2.05, 4.69) is 5.32 Å². The lowest BCUT2D eigenvalue weighted by molar-refractivity contribution is -0.138. The van der Waals surface area contributed by atoms with Gasteiger partial charge in [-0.15, -0.1) is 11.3 Å². The highest BCUT2D eigenvalue weighted by Crippen LogP contribution is 2.25. The fourth-order valence-electron chi connectivity index (χ4n) is 1.71. The van der Waals surface area contributed by atoms with Crippen LogP contribution in [0.2, 0.25) is 0 Å². The van der Waals surface area contributed by atoms with Gasteiger partial charge < -0.3 is 10.4 Å². The summed E-state index contributed by atoms with van der Waals surface area (Å²) in [6.45, 7) is 4.05. The van der Waals surface area contributed by atoms with E-state index < -0.39 is 12.0 Å². The molecule has 0 saturated carbocycles. The Labute approximate surface area is 110 Å². The van der Waals surface area contributed by atoms with Gasteiger partial charge in [0.15, 0.2) is 6.04 Å². The Morgan fingerprint density at radius 3 is 2.61 bits per heavy atom. The van der Waals surface area contributed by atoms with Gasteiger partial charge in [0.1, 0.15) is 0 Å². The second kappa shape index (κ2) is 5.23. The molecule has 0 saturated heterocycles. The van der Waals surface area contributed by atoms with Gasteiger partial charge in [-0.05, 0) is 48.6 Å². The third-order valence-corrected chi connectivity index (χ3v) is 3.83. The van der Waals surface area contributed by atoms with E-state index in [1.165, 1.54) is 16.9 Å². The molecule has 3 nitrogen and oxygen atoms in total. The number of carboxylic acids is 1. The van der Waals surface area contributed by atoms with Crippen molar-refractivity contribution in [2.24, 2.45) is 0 Å². The first-order valence-electron chi connectivity index (χ1n) is 5.68. The minimum atomic E-state index is -0.865. The fourth-order valence-corrected chi connectivity index (χ4v) is 2.48. The summed E-state index contributed by atoms with van der Waals surface area (Å²) in [7, 11) is 0. The average molecular weight is 261 g/mol. The summed E-state index contributed by atoms with van der Waals surface area (Å²) in [5, 5.41) is 14.2. The molecule has 0 aliphatic heterocycles. The van der Waals surface area contributed by atoms with E-state index in [-0.39, 0.29) is 0 Å². The smallest absolute Gasteiger partial charge is 0.331 e. The van der Waals surface area contributed by atoms with Crippen molar-refractivity contribution >= 4 is 23.0 Å². The van der Waals surface area contributed by atoms with Crippen LogP contribution in [-0.4, -0.2) is 11.1 Å². The molecule has 18 heavy (non-hydrogen) atoms. The summed E-state index contributed by atoms with van der Waals surface area (Å²) in [5.74, 6) is -0.865. The van der Waals surface area contributed by atoms with E-state index in [9.17, 15) is 9.90 Å². The topological polar surface area (TPSA) is 49.3 Å². The molecular weight excluding hydrogens is 246 g/mol. The van der Waals surface area contributed by atoms with E-state index in [0.29, 0.717) is 0 Å².